The molecule has 1 heterocycles. The van der Waals surface area contributed by atoms with E-state index >= 15 is 0 Å². The Morgan fingerprint density at radius 1 is 1.13 bits per heavy atom. The molecule has 0 aromatic heterocycles. The predicted octanol–water partition coefficient (Wildman–Crippen LogP) is 5.15. The molecule has 6 heteroatoms. The zero-order valence-electron chi connectivity index (χ0n) is 16.7. The van der Waals surface area contributed by atoms with Crippen molar-refractivity contribution < 1.29 is 14.3 Å². The van der Waals surface area contributed by atoms with Gasteiger partial charge in [0.25, 0.3) is 0 Å². The van der Waals surface area contributed by atoms with Crippen molar-refractivity contribution in [3.8, 4) is 11.5 Å². The van der Waals surface area contributed by atoms with Gasteiger partial charge in [-0.3, -0.25) is 4.79 Å². The van der Waals surface area contributed by atoms with Crippen molar-refractivity contribution in [2.24, 2.45) is 0 Å². The number of benzene rings is 3. The van der Waals surface area contributed by atoms with E-state index in [4.69, 9.17) is 21.1 Å². The van der Waals surface area contributed by atoms with Crippen LogP contribution < -0.4 is 19.7 Å². The van der Waals surface area contributed by atoms with Crippen molar-refractivity contribution >= 4 is 28.9 Å². The fraction of sp³-hybridized carbons (Fsp3) is 0.208. The molecule has 0 saturated heterocycles. The number of hydrogen-bond donors (Lipinski definition) is 1. The average molecular weight is 423 g/mol. The molecule has 1 N–H and O–H groups in total. The van der Waals surface area contributed by atoms with E-state index in [1.54, 1.807) is 7.11 Å². The maximum Gasteiger partial charge on any atom is 0.226 e. The normalized spacial score (nSPS) is 15.1. The van der Waals surface area contributed by atoms with Gasteiger partial charge in [0.05, 0.1) is 25.3 Å². The summed E-state index contributed by atoms with van der Waals surface area (Å²) in [6.07, 6.45) is 0.296. The molecule has 1 aliphatic heterocycles. The Bertz CT molecular complexity index is 1010. The minimum Gasteiger partial charge on any atom is -0.497 e. The summed E-state index contributed by atoms with van der Waals surface area (Å²) >= 11 is 6.26. The molecule has 1 amide bonds. The van der Waals surface area contributed by atoms with E-state index in [-0.39, 0.29) is 11.9 Å². The van der Waals surface area contributed by atoms with E-state index in [1.165, 1.54) is 0 Å². The first kappa shape index (κ1) is 20.1. The lowest BCUT2D eigenvalue weighted by Crippen LogP contribution is -2.44. The van der Waals surface area contributed by atoms with Crippen LogP contribution in [0.3, 0.4) is 0 Å². The zero-order valence-corrected chi connectivity index (χ0v) is 17.4. The van der Waals surface area contributed by atoms with Crippen LogP contribution in [-0.2, 0) is 11.3 Å². The maximum absolute atomic E-state index is 12.8. The van der Waals surface area contributed by atoms with Crippen molar-refractivity contribution in [1.82, 2.24) is 0 Å². The highest BCUT2D eigenvalue weighted by Gasteiger charge is 2.29. The number of nitrogens with one attached hydrogen (secondary N) is 1. The molecular weight excluding hydrogens is 400 g/mol. The van der Waals surface area contributed by atoms with Gasteiger partial charge in [0.1, 0.15) is 18.1 Å². The van der Waals surface area contributed by atoms with Gasteiger partial charge in [-0.2, -0.15) is 0 Å². The second-order valence-electron chi connectivity index (χ2n) is 7.17. The second-order valence-corrected chi connectivity index (χ2v) is 7.61. The number of methoxy groups -OCH3 is 1. The Labute approximate surface area is 181 Å². The van der Waals surface area contributed by atoms with Crippen LogP contribution in [0.1, 0.15) is 12.0 Å². The Hall–Kier alpha value is -3.18. The van der Waals surface area contributed by atoms with Gasteiger partial charge in [-0.1, -0.05) is 41.9 Å². The van der Waals surface area contributed by atoms with Gasteiger partial charge < -0.3 is 19.7 Å². The van der Waals surface area contributed by atoms with Crippen LogP contribution in [0.25, 0.3) is 0 Å². The van der Waals surface area contributed by atoms with Crippen molar-refractivity contribution in [2.45, 2.75) is 19.0 Å². The summed E-state index contributed by atoms with van der Waals surface area (Å²) < 4.78 is 11.1. The molecule has 0 bridgehead atoms. The Morgan fingerprint density at radius 2 is 1.90 bits per heavy atom. The van der Waals surface area contributed by atoms with Gasteiger partial charge >= 0.3 is 0 Å². The third-order valence-corrected chi connectivity index (χ3v) is 5.33. The van der Waals surface area contributed by atoms with Crippen molar-refractivity contribution in [2.75, 3.05) is 23.9 Å². The molecule has 1 atom stereocenters. The molecule has 0 unspecified atom stereocenters. The number of carbonyl (C=O) groups is 1. The smallest absolute Gasteiger partial charge is 0.226 e. The quantitative estimate of drug-likeness (QED) is 0.597. The number of amides is 1. The summed E-state index contributed by atoms with van der Waals surface area (Å²) in [6, 6.07) is 22.9. The van der Waals surface area contributed by atoms with Gasteiger partial charge in [0.2, 0.25) is 5.91 Å². The number of hydrogen-bond acceptors (Lipinski definition) is 4. The minimum atomic E-state index is -0.116. The van der Waals surface area contributed by atoms with Gasteiger partial charge in [-0.25, -0.2) is 0 Å². The fourth-order valence-corrected chi connectivity index (χ4v) is 3.74. The molecule has 0 radical (unpaired) electrons. The van der Waals surface area contributed by atoms with Gasteiger partial charge in [-0.15, -0.1) is 0 Å². The predicted molar refractivity (Wildman–Crippen MR) is 120 cm³/mol. The number of nitrogens with zero attached hydrogens (tertiary/aromatic N) is 1. The molecule has 0 spiro atoms. The van der Waals surface area contributed by atoms with Crippen LogP contribution in [0.2, 0.25) is 5.02 Å². The Kier molecular flexibility index (Phi) is 6.10. The Morgan fingerprint density at radius 3 is 2.63 bits per heavy atom. The Balaban J connectivity index is 1.53. The molecule has 0 aliphatic carbocycles. The van der Waals surface area contributed by atoms with Crippen LogP contribution in [-0.4, -0.2) is 25.7 Å². The number of halogens is 1. The number of carbonyl (C=O) groups excluding carboxylic acids is 1. The van der Waals surface area contributed by atoms with Gasteiger partial charge in [-0.05, 0) is 48.0 Å². The lowest BCUT2D eigenvalue weighted by atomic mass is 10.1. The highest BCUT2D eigenvalue weighted by molar-refractivity contribution is 6.31. The lowest BCUT2D eigenvalue weighted by molar-refractivity contribution is -0.116. The van der Waals surface area contributed by atoms with E-state index in [1.807, 2.05) is 60.7 Å². The summed E-state index contributed by atoms with van der Waals surface area (Å²) in [5, 5.41) is 3.60. The van der Waals surface area contributed by atoms with E-state index in [2.05, 4.69) is 22.3 Å². The van der Waals surface area contributed by atoms with Crippen LogP contribution in [0.4, 0.5) is 11.4 Å². The average Bonchev–Trinajstić information content (AvgIpc) is 2.76. The molecular formula is C24H23ClN2O3. The van der Waals surface area contributed by atoms with Gasteiger partial charge in [0.15, 0.2) is 0 Å². The molecule has 3 aromatic carbocycles. The molecule has 30 heavy (non-hydrogen) atoms. The van der Waals surface area contributed by atoms with Crippen molar-refractivity contribution in [3.05, 3.63) is 83.4 Å². The molecule has 3 aromatic rings. The number of anilines is 2. The highest BCUT2D eigenvalue weighted by atomic mass is 35.5. The third kappa shape index (κ3) is 4.69. The molecule has 0 saturated carbocycles. The third-order valence-electron chi connectivity index (χ3n) is 5.09. The maximum atomic E-state index is 12.8. The van der Waals surface area contributed by atoms with E-state index in [0.29, 0.717) is 24.6 Å². The molecule has 5 nitrogen and oxygen atoms in total. The standard InChI is InChI=1S/C24H23ClN2O3/c1-29-21-10-8-19(9-11-21)26-24(28)14-20-16-30-23-12-7-18(25)13-22(23)27(20)15-17-5-3-2-4-6-17/h2-13,20H,14-16H2,1H3,(H,26,28)/t20-/m1/s1. The summed E-state index contributed by atoms with van der Waals surface area (Å²) in [5.74, 6) is 1.45. The molecule has 4 rings (SSSR count). The van der Waals surface area contributed by atoms with Crippen LogP contribution >= 0.6 is 11.6 Å². The number of rotatable bonds is 6. The van der Waals surface area contributed by atoms with Crippen LogP contribution in [0.15, 0.2) is 72.8 Å². The number of ether oxygens (including phenoxy) is 2. The summed E-state index contributed by atoms with van der Waals surface area (Å²) in [6.45, 7) is 1.09. The van der Waals surface area contributed by atoms with E-state index in [0.717, 1.165) is 28.4 Å². The molecule has 0 fully saturated rings. The second kappa shape index (κ2) is 9.09. The van der Waals surface area contributed by atoms with Crippen LogP contribution in [0, 0.1) is 0 Å². The first-order chi connectivity index (χ1) is 14.6. The molecule has 154 valence electrons. The molecule has 1 aliphatic rings. The lowest BCUT2D eigenvalue weighted by Gasteiger charge is -2.38. The van der Waals surface area contributed by atoms with Gasteiger partial charge in [0, 0.05) is 17.3 Å². The fourth-order valence-electron chi connectivity index (χ4n) is 3.57. The summed E-state index contributed by atoms with van der Waals surface area (Å²) in [7, 11) is 1.61. The van der Waals surface area contributed by atoms with Crippen molar-refractivity contribution in [3.63, 3.8) is 0 Å². The minimum absolute atomic E-state index is 0.0719. The number of fused-ring (bicyclic) bond motifs is 1. The van der Waals surface area contributed by atoms with E-state index < -0.39 is 0 Å². The SMILES string of the molecule is COc1ccc(NC(=O)C[C@@H]2COc3ccc(Cl)cc3N2Cc2ccccc2)cc1. The zero-order chi connectivity index (χ0) is 20.9. The topological polar surface area (TPSA) is 50.8 Å². The van der Waals surface area contributed by atoms with Crippen LogP contribution in [0.5, 0.6) is 11.5 Å². The highest BCUT2D eigenvalue weighted by Crippen LogP contribution is 2.37. The van der Waals surface area contributed by atoms with Crippen molar-refractivity contribution in [1.29, 1.82) is 0 Å². The summed E-state index contributed by atoms with van der Waals surface area (Å²) in [5.41, 5.74) is 2.79. The summed E-state index contributed by atoms with van der Waals surface area (Å²) in [4.78, 5) is 15.0. The largest absolute Gasteiger partial charge is 0.497 e. The monoisotopic (exact) mass is 422 g/mol. The van der Waals surface area contributed by atoms with E-state index in [9.17, 15) is 4.79 Å². The first-order valence-corrected chi connectivity index (χ1v) is 10.2. The first-order valence-electron chi connectivity index (χ1n) is 9.79.